The molecule has 162 valence electrons. The molecule has 0 bridgehead atoms. The summed E-state index contributed by atoms with van der Waals surface area (Å²) in [6.45, 7) is 0. The van der Waals surface area contributed by atoms with Gasteiger partial charge in [0.15, 0.2) is 5.17 Å². The Bertz CT molecular complexity index is 829. The van der Waals surface area contributed by atoms with Crippen molar-refractivity contribution in [2.75, 3.05) is 12.4 Å². The molecule has 1 aliphatic heterocycles. The van der Waals surface area contributed by atoms with E-state index in [0.29, 0.717) is 16.6 Å². The number of aliphatic imine (C=N–C) groups is 1. The van der Waals surface area contributed by atoms with Crippen molar-refractivity contribution in [2.45, 2.75) is 63.5 Å². The van der Waals surface area contributed by atoms with E-state index < -0.39 is 0 Å². The van der Waals surface area contributed by atoms with Gasteiger partial charge in [-0.2, -0.15) is 0 Å². The van der Waals surface area contributed by atoms with E-state index in [2.05, 4.69) is 5.32 Å². The Morgan fingerprint density at radius 2 is 1.77 bits per heavy atom. The van der Waals surface area contributed by atoms with Gasteiger partial charge in [-0.15, -0.1) is 17.0 Å². The molecule has 4 rings (SSSR count). The van der Waals surface area contributed by atoms with E-state index in [-0.39, 0.29) is 34.8 Å². The summed E-state index contributed by atoms with van der Waals surface area (Å²) in [5, 5.41) is 3.61. The van der Waals surface area contributed by atoms with Gasteiger partial charge >= 0.3 is 0 Å². The van der Waals surface area contributed by atoms with Crippen LogP contribution >= 0.6 is 28.7 Å². The van der Waals surface area contributed by atoms with Gasteiger partial charge in [0.1, 0.15) is 5.75 Å². The third kappa shape index (κ3) is 5.27. The summed E-state index contributed by atoms with van der Waals surface area (Å²) in [5.41, 5.74) is 0.663. The van der Waals surface area contributed by atoms with Crippen LogP contribution in [0.15, 0.2) is 40.2 Å². The number of carbonyl (C=O) groups excluding carboxylic acids is 2. The molecule has 0 spiro atoms. The van der Waals surface area contributed by atoms with Crippen molar-refractivity contribution in [1.82, 2.24) is 4.90 Å². The number of halogens is 1. The van der Waals surface area contributed by atoms with Crippen molar-refractivity contribution in [3.8, 4) is 5.75 Å². The third-order valence-electron chi connectivity index (χ3n) is 5.76. The van der Waals surface area contributed by atoms with Gasteiger partial charge < -0.3 is 10.1 Å². The van der Waals surface area contributed by atoms with E-state index in [4.69, 9.17) is 9.73 Å². The molecule has 0 aromatic heterocycles. The van der Waals surface area contributed by atoms with Crippen LogP contribution in [-0.2, 0) is 9.59 Å². The molecule has 0 atom stereocenters. The Hall–Kier alpha value is -1.80. The number of ether oxygens (including phenoxy) is 1. The number of benzene rings is 1. The van der Waals surface area contributed by atoms with Gasteiger partial charge in [-0.3, -0.25) is 19.5 Å². The standard InChI is InChI=1S/C22H27N3O3S.BrH/c1-28-18-12-10-16(11-13-18)23-20(26)14-19-21(27)25(17-8-4-5-9-17)22(29-19)24-15-6-2-3-7-15;/h10-15,17H,2-9H2,1H3,(H,23,26);1H/b19-14-,24-22?;. The first-order valence-corrected chi connectivity index (χ1v) is 11.2. The maximum atomic E-state index is 13.1. The summed E-state index contributed by atoms with van der Waals surface area (Å²) in [6.07, 6.45) is 10.3. The molecule has 1 aromatic carbocycles. The molecule has 30 heavy (non-hydrogen) atoms. The Labute approximate surface area is 192 Å². The highest BCUT2D eigenvalue weighted by molar-refractivity contribution is 8.93. The number of methoxy groups -OCH3 is 1. The van der Waals surface area contributed by atoms with Crippen molar-refractivity contribution in [1.29, 1.82) is 0 Å². The third-order valence-corrected chi connectivity index (χ3v) is 6.76. The van der Waals surface area contributed by atoms with Crippen LogP contribution in [0.2, 0.25) is 0 Å². The van der Waals surface area contributed by atoms with Gasteiger partial charge in [-0.25, -0.2) is 0 Å². The van der Waals surface area contributed by atoms with Gasteiger partial charge in [-0.05, 0) is 61.7 Å². The largest absolute Gasteiger partial charge is 0.497 e. The van der Waals surface area contributed by atoms with E-state index in [1.165, 1.54) is 30.7 Å². The molecular formula is C22H28BrN3O3S. The lowest BCUT2D eigenvalue weighted by Gasteiger charge is -2.23. The molecule has 6 nitrogen and oxygen atoms in total. The van der Waals surface area contributed by atoms with E-state index in [0.717, 1.165) is 49.4 Å². The number of hydrogen-bond donors (Lipinski definition) is 1. The zero-order valence-corrected chi connectivity index (χ0v) is 19.7. The fourth-order valence-electron chi connectivity index (χ4n) is 4.22. The van der Waals surface area contributed by atoms with Crippen molar-refractivity contribution in [2.24, 2.45) is 4.99 Å². The predicted octanol–water partition coefficient (Wildman–Crippen LogP) is 4.91. The second-order valence-corrected chi connectivity index (χ2v) is 8.80. The van der Waals surface area contributed by atoms with E-state index in [1.54, 1.807) is 31.4 Å². The fourth-order valence-corrected chi connectivity index (χ4v) is 5.30. The summed E-state index contributed by atoms with van der Waals surface area (Å²) in [5.74, 6) is 0.339. The molecule has 0 radical (unpaired) electrons. The van der Waals surface area contributed by atoms with Crippen LogP contribution in [0.5, 0.6) is 5.75 Å². The molecule has 1 aromatic rings. The van der Waals surface area contributed by atoms with Crippen LogP contribution in [0.4, 0.5) is 5.69 Å². The van der Waals surface area contributed by atoms with E-state index in [1.807, 2.05) is 4.90 Å². The van der Waals surface area contributed by atoms with Crippen molar-refractivity contribution in [3.05, 3.63) is 35.2 Å². The average molecular weight is 494 g/mol. The number of amidine groups is 1. The van der Waals surface area contributed by atoms with Gasteiger partial charge in [0.05, 0.1) is 18.1 Å². The molecule has 2 aliphatic carbocycles. The molecule has 3 aliphatic rings. The van der Waals surface area contributed by atoms with E-state index >= 15 is 0 Å². The smallest absolute Gasteiger partial charge is 0.267 e. The second-order valence-electron chi connectivity index (χ2n) is 7.79. The van der Waals surface area contributed by atoms with E-state index in [9.17, 15) is 9.59 Å². The summed E-state index contributed by atoms with van der Waals surface area (Å²) in [7, 11) is 1.60. The monoisotopic (exact) mass is 493 g/mol. The molecule has 2 amide bonds. The zero-order chi connectivity index (χ0) is 20.2. The lowest BCUT2D eigenvalue weighted by molar-refractivity contribution is -0.124. The number of carbonyl (C=O) groups is 2. The molecule has 3 fully saturated rings. The maximum Gasteiger partial charge on any atom is 0.267 e. The summed E-state index contributed by atoms with van der Waals surface area (Å²) >= 11 is 1.35. The number of nitrogens with zero attached hydrogens (tertiary/aromatic N) is 2. The Morgan fingerprint density at radius 3 is 2.40 bits per heavy atom. The summed E-state index contributed by atoms with van der Waals surface area (Å²) in [6, 6.07) is 7.64. The van der Waals surface area contributed by atoms with Crippen LogP contribution in [0, 0.1) is 0 Å². The molecule has 1 saturated heterocycles. The fraction of sp³-hybridized carbons (Fsp3) is 0.500. The van der Waals surface area contributed by atoms with Crippen LogP contribution in [-0.4, -0.2) is 41.1 Å². The Morgan fingerprint density at radius 1 is 1.13 bits per heavy atom. The first-order chi connectivity index (χ1) is 14.1. The number of anilines is 1. The van der Waals surface area contributed by atoms with Crippen molar-refractivity contribution in [3.63, 3.8) is 0 Å². The lowest BCUT2D eigenvalue weighted by Crippen LogP contribution is -2.38. The zero-order valence-electron chi connectivity index (χ0n) is 17.1. The predicted molar refractivity (Wildman–Crippen MR) is 126 cm³/mol. The second kappa shape index (κ2) is 10.5. The highest BCUT2D eigenvalue weighted by Gasteiger charge is 2.40. The highest BCUT2D eigenvalue weighted by Crippen LogP contribution is 2.38. The number of nitrogens with one attached hydrogen (secondary N) is 1. The SMILES string of the molecule is Br.COc1ccc(NC(=O)/C=C2\SC(=NC3CCCC3)N(C3CCCC3)C2=O)cc1. The van der Waals surface area contributed by atoms with Crippen LogP contribution in [0.1, 0.15) is 51.4 Å². The van der Waals surface area contributed by atoms with Crippen LogP contribution in [0.3, 0.4) is 0 Å². The summed E-state index contributed by atoms with van der Waals surface area (Å²) in [4.78, 5) is 32.8. The van der Waals surface area contributed by atoms with Gasteiger partial charge in [-0.1, -0.05) is 25.7 Å². The molecule has 8 heteroatoms. The molecule has 0 unspecified atom stereocenters. The number of hydrogen-bond acceptors (Lipinski definition) is 5. The minimum atomic E-state index is -0.306. The van der Waals surface area contributed by atoms with Crippen LogP contribution < -0.4 is 10.1 Å². The highest BCUT2D eigenvalue weighted by atomic mass is 79.9. The van der Waals surface area contributed by atoms with Crippen LogP contribution in [0.25, 0.3) is 0 Å². The minimum Gasteiger partial charge on any atom is -0.497 e. The van der Waals surface area contributed by atoms with Gasteiger partial charge in [0.2, 0.25) is 5.91 Å². The average Bonchev–Trinajstić information content (AvgIpc) is 3.46. The Balaban J connectivity index is 0.00000256. The normalized spacial score (nSPS) is 22.7. The first-order valence-electron chi connectivity index (χ1n) is 10.4. The van der Waals surface area contributed by atoms with Crippen molar-refractivity contribution < 1.29 is 14.3 Å². The van der Waals surface area contributed by atoms with Gasteiger partial charge in [0.25, 0.3) is 5.91 Å². The number of amides is 2. The molecule has 1 N–H and O–H groups in total. The first kappa shape index (κ1) is 22.9. The quantitative estimate of drug-likeness (QED) is 0.591. The lowest BCUT2D eigenvalue weighted by atomic mass is 10.2. The molecular weight excluding hydrogens is 466 g/mol. The Kier molecular flexibility index (Phi) is 7.99. The maximum absolute atomic E-state index is 13.1. The minimum absolute atomic E-state index is 0. The number of rotatable bonds is 5. The molecule has 2 saturated carbocycles. The number of thioether (sulfide) groups is 1. The summed E-state index contributed by atoms with van der Waals surface area (Å²) < 4.78 is 5.13. The topological polar surface area (TPSA) is 71.0 Å². The van der Waals surface area contributed by atoms with Crippen molar-refractivity contribution >= 4 is 51.4 Å². The van der Waals surface area contributed by atoms with Gasteiger partial charge in [0, 0.05) is 17.8 Å². The molecule has 1 heterocycles.